The minimum atomic E-state index is 0.741. The molecule has 0 aromatic heterocycles. The van der Waals surface area contributed by atoms with Gasteiger partial charge in [0.05, 0.1) is 0 Å². The zero-order valence-electron chi connectivity index (χ0n) is 6.76. The lowest BCUT2D eigenvalue weighted by atomic mass is 10.1. The molecule has 1 N–H and O–H groups in total. The normalized spacial score (nSPS) is 10.2. The lowest BCUT2D eigenvalue weighted by molar-refractivity contribution is 0.775. The van der Waals surface area contributed by atoms with Crippen LogP contribution in [0.1, 0.15) is 5.56 Å². The van der Waals surface area contributed by atoms with Crippen molar-refractivity contribution < 1.29 is 0 Å². The first-order valence-electron chi connectivity index (χ1n) is 3.89. The summed E-state index contributed by atoms with van der Waals surface area (Å²) >= 11 is 7.57. The molecule has 0 unspecified atom stereocenters. The Morgan fingerprint density at radius 1 is 1.33 bits per heavy atom. The Bertz CT molecular complexity index is 240. The number of nitrogens with one attached hydrogen (secondary N) is 1. The minimum absolute atomic E-state index is 0.741. The van der Waals surface area contributed by atoms with Gasteiger partial charge in [-0.25, -0.2) is 0 Å². The molecule has 0 bridgehead atoms. The van der Waals surface area contributed by atoms with Crippen molar-refractivity contribution >= 4 is 28.6 Å². The van der Waals surface area contributed by atoms with Gasteiger partial charge in [-0.3, -0.25) is 0 Å². The smallest absolute Gasteiger partial charge is 0.0387 e. The second kappa shape index (κ2) is 5.62. The van der Waals surface area contributed by atoms with Gasteiger partial charge in [0.1, 0.15) is 0 Å². The number of hydrogen-bond donors (Lipinski definition) is 2. The molecule has 0 spiro atoms. The number of hydrogen-bond acceptors (Lipinski definition) is 2. The van der Waals surface area contributed by atoms with E-state index in [1.54, 1.807) is 0 Å². The van der Waals surface area contributed by atoms with Crippen molar-refractivity contribution in [3.8, 4) is 0 Å². The molecule has 0 aliphatic carbocycles. The zero-order chi connectivity index (χ0) is 8.81. The highest BCUT2D eigenvalue weighted by molar-refractivity contribution is 9.10. The van der Waals surface area contributed by atoms with Gasteiger partial charge in [-0.2, -0.15) is 12.6 Å². The molecule has 0 aliphatic heterocycles. The SMILES string of the molecule is SCNCCc1ccccc1Br. The third-order valence-electron chi connectivity index (χ3n) is 1.64. The van der Waals surface area contributed by atoms with Crippen molar-refractivity contribution in [3.63, 3.8) is 0 Å². The van der Waals surface area contributed by atoms with Crippen molar-refractivity contribution in [2.45, 2.75) is 6.42 Å². The van der Waals surface area contributed by atoms with E-state index >= 15 is 0 Å². The van der Waals surface area contributed by atoms with Gasteiger partial charge >= 0.3 is 0 Å². The summed E-state index contributed by atoms with van der Waals surface area (Å²) in [5.74, 6) is 0.741. The molecule has 12 heavy (non-hydrogen) atoms. The largest absolute Gasteiger partial charge is 0.308 e. The maximum Gasteiger partial charge on any atom is 0.0387 e. The van der Waals surface area contributed by atoms with Crippen LogP contribution < -0.4 is 5.32 Å². The molecule has 66 valence electrons. The molecule has 1 rings (SSSR count). The van der Waals surface area contributed by atoms with Gasteiger partial charge in [0.2, 0.25) is 0 Å². The quantitative estimate of drug-likeness (QED) is 0.472. The summed E-state index contributed by atoms with van der Waals surface area (Å²) < 4.78 is 1.19. The third-order valence-corrected chi connectivity index (χ3v) is 2.64. The Hall–Kier alpha value is 0.01000. The van der Waals surface area contributed by atoms with E-state index in [9.17, 15) is 0 Å². The van der Waals surface area contributed by atoms with Crippen molar-refractivity contribution in [2.75, 3.05) is 12.4 Å². The average Bonchev–Trinajstić information content (AvgIpc) is 2.09. The van der Waals surface area contributed by atoms with E-state index in [4.69, 9.17) is 0 Å². The molecule has 0 heterocycles. The predicted octanol–water partition coefficient (Wildman–Crippen LogP) is 2.47. The van der Waals surface area contributed by atoms with Crippen LogP contribution in [0.25, 0.3) is 0 Å². The monoisotopic (exact) mass is 245 g/mol. The average molecular weight is 246 g/mol. The van der Waals surface area contributed by atoms with Crippen molar-refractivity contribution in [1.82, 2.24) is 5.32 Å². The fourth-order valence-electron chi connectivity index (χ4n) is 1.00. The lowest BCUT2D eigenvalue weighted by Gasteiger charge is -2.03. The molecule has 1 aromatic carbocycles. The van der Waals surface area contributed by atoms with Crippen LogP contribution in [0, 0.1) is 0 Å². The van der Waals surface area contributed by atoms with Crippen molar-refractivity contribution in [3.05, 3.63) is 34.3 Å². The standard InChI is InChI=1S/C9H12BrNS/c10-9-4-2-1-3-8(9)5-6-11-7-12/h1-4,11-12H,5-7H2. The van der Waals surface area contributed by atoms with Gasteiger partial charge in [-0.05, 0) is 24.6 Å². The third kappa shape index (κ3) is 3.17. The Morgan fingerprint density at radius 3 is 2.75 bits per heavy atom. The van der Waals surface area contributed by atoms with E-state index in [1.165, 1.54) is 10.0 Å². The highest BCUT2D eigenvalue weighted by Gasteiger charge is 1.96. The summed E-state index contributed by atoms with van der Waals surface area (Å²) in [6.45, 7) is 0.978. The molecule has 0 atom stereocenters. The summed E-state index contributed by atoms with van der Waals surface area (Å²) in [7, 11) is 0. The van der Waals surface area contributed by atoms with E-state index in [0.717, 1.165) is 18.8 Å². The second-order valence-electron chi connectivity index (χ2n) is 2.50. The van der Waals surface area contributed by atoms with Crippen LogP contribution >= 0.6 is 28.6 Å². The minimum Gasteiger partial charge on any atom is -0.308 e. The molecule has 0 radical (unpaired) electrons. The van der Waals surface area contributed by atoms with Gasteiger partial charge in [0.25, 0.3) is 0 Å². The Balaban J connectivity index is 2.46. The summed E-state index contributed by atoms with van der Waals surface area (Å²) in [6, 6.07) is 8.28. The molecule has 1 aromatic rings. The van der Waals surface area contributed by atoms with E-state index in [0.29, 0.717) is 0 Å². The van der Waals surface area contributed by atoms with Crippen LogP contribution in [0.2, 0.25) is 0 Å². The first-order valence-corrected chi connectivity index (χ1v) is 5.32. The molecule has 0 fully saturated rings. The van der Waals surface area contributed by atoms with Crippen molar-refractivity contribution in [1.29, 1.82) is 0 Å². The van der Waals surface area contributed by atoms with E-state index < -0.39 is 0 Å². The second-order valence-corrected chi connectivity index (χ2v) is 3.67. The fourth-order valence-corrected chi connectivity index (χ4v) is 1.64. The zero-order valence-corrected chi connectivity index (χ0v) is 9.24. The Kier molecular flexibility index (Phi) is 4.73. The molecule has 0 amide bonds. The molecular formula is C9H12BrNS. The van der Waals surface area contributed by atoms with E-state index in [1.807, 2.05) is 6.07 Å². The van der Waals surface area contributed by atoms with Gasteiger partial charge in [0, 0.05) is 10.3 Å². The molecule has 0 saturated carbocycles. The molecule has 3 heteroatoms. The number of rotatable bonds is 4. The Labute approximate surface area is 87.1 Å². The van der Waals surface area contributed by atoms with Crippen LogP contribution in [-0.4, -0.2) is 12.4 Å². The van der Waals surface area contributed by atoms with Crippen LogP contribution in [0.3, 0.4) is 0 Å². The fraction of sp³-hybridized carbons (Fsp3) is 0.333. The predicted molar refractivity (Wildman–Crippen MR) is 59.7 cm³/mol. The number of halogens is 1. The highest BCUT2D eigenvalue weighted by atomic mass is 79.9. The number of benzene rings is 1. The maximum absolute atomic E-state index is 4.07. The number of thiol groups is 1. The van der Waals surface area contributed by atoms with Crippen LogP contribution in [0.15, 0.2) is 28.7 Å². The van der Waals surface area contributed by atoms with Crippen LogP contribution in [-0.2, 0) is 6.42 Å². The van der Waals surface area contributed by atoms with Gasteiger partial charge in [0.15, 0.2) is 0 Å². The van der Waals surface area contributed by atoms with Crippen LogP contribution in [0.4, 0.5) is 0 Å². The molecule has 0 saturated heterocycles. The summed E-state index contributed by atoms with van der Waals surface area (Å²) in [4.78, 5) is 0. The maximum atomic E-state index is 4.07. The van der Waals surface area contributed by atoms with Gasteiger partial charge in [-0.15, -0.1) is 0 Å². The Morgan fingerprint density at radius 2 is 2.08 bits per heavy atom. The lowest BCUT2D eigenvalue weighted by Crippen LogP contribution is -2.14. The van der Waals surface area contributed by atoms with Gasteiger partial charge in [-0.1, -0.05) is 34.1 Å². The van der Waals surface area contributed by atoms with E-state index in [2.05, 4.69) is 52.1 Å². The molecule has 1 nitrogen and oxygen atoms in total. The summed E-state index contributed by atoms with van der Waals surface area (Å²) in [5, 5.41) is 3.17. The van der Waals surface area contributed by atoms with Crippen molar-refractivity contribution in [2.24, 2.45) is 0 Å². The molecule has 0 aliphatic rings. The van der Waals surface area contributed by atoms with Crippen LogP contribution in [0.5, 0.6) is 0 Å². The summed E-state index contributed by atoms with van der Waals surface area (Å²) in [5.41, 5.74) is 1.34. The summed E-state index contributed by atoms with van der Waals surface area (Å²) in [6.07, 6.45) is 1.04. The topological polar surface area (TPSA) is 12.0 Å². The molecular weight excluding hydrogens is 234 g/mol. The van der Waals surface area contributed by atoms with Gasteiger partial charge < -0.3 is 5.32 Å². The first kappa shape index (κ1) is 10.1. The van der Waals surface area contributed by atoms with E-state index in [-0.39, 0.29) is 0 Å². The highest BCUT2D eigenvalue weighted by Crippen LogP contribution is 2.15. The first-order chi connectivity index (χ1) is 5.84.